The van der Waals surface area contributed by atoms with Crippen molar-refractivity contribution in [3.05, 3.63) is 40.8 Å². The van der Waals surface area contributed by atoms with Crippen LogP contribution >= 0.6 is 11.8 Å². The third-order valence-electron chi connectivity index (χ3n) is 4.59. The minimum absolute atomic E-state index is 0.00811. The van der Waals surface area contributed by atoms with Crippen LogP contribution < -0.4 is 4.74 Å². The van der Waals surface area contributed by atoms with Gasteiger partial charge in [0.1, 0.15) is 6.54 Å². The average molecular weight is 418 g/mol. The van der Waals surface area contributed by atoms with Gasteiger partial charge in [-0.1, -0.05) is 6.08 Å². The number of carbonyl (C=O) groups is 3. The molecule has 1 aromatic rings. The van der Waals surface area contributed by atoms with Crippen LogP contribution in [0.1, 0.15) is 11.1 Å². The lowest BCUT2D eigenvalue weighted by Crippen LogP contribution is -2.46. The summed E-state index contributed by atoms with van der Waals surface area (Å²) >= 11 is 0.782. The van der Waals surface area contributed by atoms with Gasteiger partial charge in [0.25, 0.3) is 11.1 Å². The summed E-state index contributed by atoms with van der Waals surface area (Å²) in [6, 6.07) is 3.28. The molecule has 154 valence electrons. The maximum absolute atomic E-state index is 12.7. The molecule has 0 radical (unpaired) electrons. The summed E-state index contributed by atoms with van der Waals surface area (Å²) in [7, 11) is 1.43. The summed E-state index contributed by atoms with van der Waals surface area (Å²) in [5, 5.41) is 9.70. The third kappa shape index (κ3) is 4.63. The number of hydrogen-bond donors (Lipinski definition) is 1. The Bertz CT molecular complexity index is 876. The number of ether oxygens (including phenoxy) is 2. The summed E-state index contributed by atoms with van der Waals surface area (Å²) in [6.07, 6.45) is 3.61. The molecule has 8 nitrogen and oxygen atoms in total. The van der Waals surface area contributed by atoms with Gasteiger partial charge >= 0.3 is 0 Å². The number of methoxy groups -OCH3 is 1. The van der Waals surface area contributed by atoms with Gasteiger partial charge in [-0.2, -0.15) is 0 Å². The Morgan fingerprint density at radius 2 is 2.07 bits per heavy atom. The Morgan fingerprint density at radius 1 is 1.34 bits per heavy atom. The van der Waals surface area contributed by atoms with Crippen molar-refractivity contribution in [1.82, 2.24) is 9.80 Å². The van der Waals surface area contributed by atoms with Crippen LogP contribution in [-0.2, 0) is 20.7 Å². The van der Waals surface area contributed by atoms with Crippen LogP contribution in [0.4, 0.5) is 4.79 Å². The van der Waals surface area contributed by atoms with E-state index in [2.05, 4.69) is 6.58 Å². The lowest BCUT2D eigenvalue weighted by molar-refractivity contribution is -0.139. The molecule has 0 spiro atoms. The maximum Gasteiger partial charge on any atom is 0.294 e. The average Bonchev–Trinajstić information content (AvgIpc) is 2.98. The fourth-order valence-corrected chi connectivity index (χ4v) is 3.91. The molecule has 2 aliphatic heterocycles. The molecular weight excluding hydrogens is 396 g/mol. The van der Waals surface area contributed by atoms with Gasteiger partial charge in [0.15, 0.2) is 11.5 Å². The molecule has 1 N–H and O–H groups in total. The standard InChI is InChI=1S/C20H22N2O6S/c1-3-4-14-9-13(10-15(27-2)18(14)24)11-16-19(25)22(20(26)29-16)12-17(23)21-5-7-28-8-6-21/h3,9-11,24H,1,4-8,12H2,2H3/b16-11-. The van der Waals surface area contributed by atoms with Crippen molar-refractivity contribution in [2.45, 2.75) is 6.42 Å². The Labute approximate surface area is 172 Å². The number of allylic oxidation sites excluding steroid dienone is 1. The van der Waals surface area contributed by atoms with E-state index in [1.54, 1.807) is 29.2 Å². The molecule has 2 heterocycles. The number of phenols is 1. The molecule has 0 atom stereocenters. The predicted molar refractivity (Wildman–Crippen MR) is 109 cm³/mol. The minimum atomic E-state index is -0.515. The number of phenolic OH excluding ortho intramolecular Hbond substituents is 1. The lowest BCUT2D eigenvalue weighted by atomic mass is 10.1. The highest BCUT2D eigenvalue weighted by molar-refractivity contribution is 8.18. The number of rotatable bonds is 6. The van der Waals surface area contributed by atoms with Crippen LogP contribution in [0.15, 0.2) is 29.7 Å². The number of imide groups is 1. The van der Waals surface area contributed by atoms with E-state index in [1.807, 2.05) is 0 Å². The van der Waals surface area contributed by atoms with Crippen molar-refractivity contribution < 1.29 is 29.0 Å². The highest BCUT2D eigenvalue weighted by atomic mass is 32.2. The van der Waals surface area contributed by atoms with Crippen molar-refractivity contribution in [3.63, 3.8) is 0 Å². The molecule has 2 fully saturated rings. The first-order chi connectivity index (χ1) is 13.9. The second kappa shape index (κ2) is 9.15. The normalized spacial score (nSPS) is 18.4. The van der Waals surface area contributed by atoms with Crippen molar-refractivity contribution in [1.29, 1.82) is 0 Å². The van der Waals surface area contributed by atoms with Crippen molar-refractivity contribution in [2.24, 2.45) is 0 Å². The molecule has 2 saturated heterocycles. The number of hydrogen-bond acceptors (Lipinski definition) is 7. The smallest absolute Gasteiger partial charge is 0.294 e. The van der Waals surface area contributed by atoms with Crippen LogP contribution in [0.5, 0.6) is 11.5 Å². The van der Waals surface area contributed by atoms with E-state index >= 15 is 0 Å². The number of nitrogens with zero attached hydrogens (tertiary/aromatic N) is 2. The molecule has 3 amide bonds. The van der Waals surface area contributed by atoms with E-state index in [0.29, 0.717) is 43.9 Å². The Kier molecular flexibility index (Phi) is 6.60. The van der Waals surface area contributed by atoms with E-state index in [9.17, 15) is 19.5 Å². The first kappa shape index (κ1) is 20.9. The van der Waals surface area contributed by atoms with Gasteiger partial charge < -0.3 is 19.5 Å². The Morgan fingerprint density at radius 3 is 2.72 bits per heavy atom. The molecule has 0 bridgehead atoms. The predicted octanol–water partition coefficient (Wildman–Crippen LogP) is 2.02. The van der Waals surface area contributed by atoms with Gasteiger partial charge in [-0.25, -0.2) is 0 Å². The van der Waals surface area contributed by atoms with E-state index in [0.717, 1.165) is 16.7 Å². The summed E-state index contributed by atoms with van der Waals surface area (Å²) in [6.45, 7) is 5.17. The quantitative estimate of drug-likeness (QED) is 0.558. The van der Waals surface area contributed by atoms with Crippen molar-refractivity contribution in [2.75, 3.05) is 40.0 Å². The van der Waals surface area contributed by atoms with E-state index < -0.39 is 11.1 Å². The zero-order chi connectivity index (χ0) is 21.0. The molecular formula is C20H22N2O6S. The molecule has 0 aromatic heterocycles. The van der Waals surface area contributed by atoms with E-state index in [4.69, 9.17) is 9.47 Å². The summed E-state index contributed by atoms with van der Waals surface area (Å²) in [5.41, 5.74) is 1.19. The molecule has 0 aliphatic carbocycles. The summed E-state index contributed by atoms with van der Waals surface area (Å²) < 4.78 is 10.4. The Hall–Kier alpha value is -2.78. The van der Waals surface area contributed by atoms with Gasteiger partial charge in [-0.3, -0.25) is 19.3 Å². The first-order valence-electron chi connectivity index (χ1n) is 9.06. The van der Waals surface area contributed by atoms with Gasteiger partial charge in [-0.15, -0.1) is 6.58 Å². The molecule has 0 saturated carbocycles. The highest BCUT2D eigenvalue weighted by Crippen LogP contribution is 2.36. The molecule has 29 heavy (non-hydrogen) atoms. The summed E-state index contributed by atoms with van der Waals surface area (Å²) in [4.78, 5) is 40.1. The van der Waals surface area contributed by atoms with Crippen LogP contribution in [0, 0.1) is 0 Å². The zero-order valence-electron chi connectivity index (χ0n) is 16.1. The molecule has 1 aromatic carbocycles. The van der Waals surface area contributed by atoms with Gasteiger partial charge in [0, 0.05) is 18.7 Å². The minimum Gasteiger partial charge on any atom is -0.504 e. The fraction of sp³-hybridized carbons (Fsp3) is 0.350. The number of thioether (sulfide) groups is 1. The number of carbonyl (C=O) groups excluding carboxylic acids is 3. The van der Waals surface area contributed by atoms with E-state index in [1.165, 1.54) is 7.11 Å². The molecule has 2 aliphatic rings. The fourth-order valence-electron chi connectivity index (χ4n) is 3.07. The van der Waals surface area contributed by atoms with Gasteiger partial charge in [0.2, 0.25) is 5.91 Å². The van der Waals surface area contributed by atoms with Crippen molar-refractivity contribution in [3.8, 4) is 11.5 Å². The number of morpholine rings is 1. The first-order valence-corrected chi connectivity index (χ1v) is 9.88. The maximum atomic E-state index is 12.7. The van der Waals surface area contributed by atoms with E-state index in [-0.39, 0.29) is 28.9 Å². The molecule has 3 rings (SSSR count). The monoisotopic (exact) mass is 418 g/mol. The largest absolute Gasteiger partial charge is 0.504 e. The van der Waals surface area contributed by atoms with Crippen LogP contribution in [0.25, 0.3) is 6.08 Å². The lowest BCUT2D eigenvalue weighted by Gasteiger charge is -2.28. The second-order valence-electron chi connectivity index (χ2n) is 6.48. The number of benzene rings is 1. The second-order valence-corrected chi connectivity index (χ2v) is 7.48. The Balaban J connectivity index is 1.79. The van der Waals surface area contributed by atoms with Crippen LogP contribution in [0.3, 0.4) is 0 Å². The zero-order valence-corrected chi connectivity index (χ0v) is 16.9. The van der Waals surface area contributed by atoms with Crippen LogP contribution in [0.2, 0.25) is 0 Å². The van der Waals surface area contributed by atoms with Gasteiger partial charge in [-0.05, 0) is 42.0 Å². The van der Waals surface area contributed by atoms with Crippen LogP contribution in [-0.4, -0.2) is 71.9 Å². The highest BCUT2D eigenvalue weighted by Gasteiger charge is 2.37. The SMILES string of the molecule is C=CCc1cc(/C=C2\SC(=O)N(CC(=O)N3CCOCC3)C2=O)cc(OC)c1O. The molecule has 9 heteroatoms. The van der Waals surface area contributed by atoms with Gasteiger partial charge in [0.05, 0.1) is 25.2 Å². The number of amides is 3. The molecule has 0 unspecified atom stereocenters. The topological polar surface area (TPSA) is 96.4 Å². The number of aromatic hydroxyl groups is 1. The van der Waals surface area contributed by atoms with Crippen molar-refractivity contribution >= 4 is 34.9 Å². The summed E-state index contributed by atoms with van der Waals surface area (Å²) in [5.74, 6) is -0.526. The third-order valence-corrected chi connectivity index (χ3v) is 5.50.